The van der Waals surface area contributed by atoms with Crippen LogP contribution in [0.3, 0.4) is 0 Å². The Morgan fingerprint density at radius 1 is 1.00 bits per heavy atom. The largest absolute Gasteiger partial charge is 0.305 e. The van der Waals surface area contributed by atoms with Crippen molar-refractivity contribution in [3.63, 3.8) is 0 Å². The van der Waals surface area contributed by atoms with Gasteiger partial charge in [0.05, 0.1) is 10.6 Å². The lowest BCUT2D eigenvalue weighted by molar-refractivity contribution is 0.0981. The van der Waals surface area contributed by atoms with Crippen molar-refractivity contribution in [1.29, 1.82) is 0 Å². The van der Waals surface area contributed by atoms with E-state index in [1.165, 1.54) is 24.3 Å². The number of rotatable bonds is 4. The van der Waals surface area contributed by atoms with Crippen molar-refractivity contribution < 1.29 is 13.2 Å². The van der Waals surface area contributed by atoms with Gasteiger partial charge in [-0.15, -0.1) is 0 Å². The molecule has 0 aliphatic carbocycles. The van der Waals surface area contributed by atoms with Crippen molar-refractivity contribution in [2.24, 2.45) is 0 Å². The lowest BCUT2D eigenvalue weighted by Gasteiger charge is -2.23. The zero-order chi connectivity index (χ0) is 21.5. The summed E-state index contributed by atoms with van der Waals surface area (Å²) in [5.74, 6) is -0.107. The number of nitrogens with one attached hydrogen (secondary N) is 1. The van der Waals surface area contributed by atoms with Crippen LogP contribution in [0.2, 0.25) is 10.0 Å². The number of anilines is 2. The molecule has 0 saturated carbocycles. The molecule has 3 aromatic rings. The third kappa shape index (κ3) is 4.03. The third-order valence-corrected chi connectivity index (χ3v) is 6.75. The first-order valence-electron chi connectivity index (χ1n) is 9.25. The highest BCUT2D eigenvalue weighted by Gasteiger charge is 2.32. The fourth-order valence-electron chi connectivity index (χ4n) is 3.63. The maximum absolute atomic E-state index is 13.0. The van der Waals surface area contributed by atoms with Crippen molar-refractivity contribution in [1.82, 2.24) is 0 Å². The van der Waals surface area contributed by atoms with Gasteiger partial charge in [-0.2, -0.15) is 0 Å². The molecular weight excluding hydrogens is 443 g/mol. The summed E-state index contributed by atoms with van der Waals surface area (Å²) in [6.45, 7) is 1.95. The average molecular weight is 461 g/mol. The highest BCUT2D eigenvalue weighted by Crippen LogP contribution is 2.35. The molecule has 0 radical (unpaired) electrons. The summed E-state index contributed by atoms with van der Waals surface area (Å²) in [6.07, 6.45) is 0.570. The minimum Gasteiger partial charge on any atom is -0.305 e. The maximum atomic E-state index is 13.0. The number of nitrogens with zero attached hydrogens (tertiary/aromatic N) is 1. The van der Waals surface area contributed by atoms with Gasteiger partial charge in [-0.05, 0) is 67.4 Å². The van der Waals surface area contributed by atoms with Crippen LogP contribution in [-0.2, 0) is 16.4 Å². The predicted octanol–water partition coefficient (Wildman–Crippen LogP) is 5.39. The first-order valence-corrected chi connectivity index (χ1v) is 11.5. The topological polar surface area (TPSA) is 66.5 Å². The Bertz CT molecular complexity index is 1210. The number of sulfonamides is 1. The Morgan fingerprint density at radius 2 is 1.67 bits per heavy atom. The molecule has 1 atom stereocenters. The van der Waals surface area contributed by atoms with Crippen LogP contribution in [0.5, 0.6) is 0 Å². The molecule has 1 aliphatic rings. The number of benzene rings is 3. The van der Waals surface area contributed by atoms with Gasteiger partial charge in [-0.25, -0.2) is 8.42 Å². The predicted molar refractivity (Wildman–Crippen MR) is 120 cm³/mol. The quantitative estimate of drug-likeness (QED) is 0.567. The van der Waals surface area contributed by atoms with Gasteiger partial charge in [0, 0.05) is 27.3 Å². The van der Waals surface area contributed by atoms with Gasteiger partial charge in [-0.3, -0.25) is 9.52 Å². The molecule has 8 heteroatoms. The second-order valence-electron chi connectivity index (χ2n) is 7.15. The minimum atomic E-state index is -3.85. The van der Waals surface area contributed by atoms with E-state index in [-0.39, 0.29) is 22.5 Å². The summed E-state index contributed by atoms with van der Waals surface area (Å²) in [4.78, 5) is 14.8. The van der Waals surface area contributed by atoms with Crippen LogP contribution in [0.4, 0.5) is 11.4 Å². The molecule has 1 aliphatic heterocycles. The van der Waals surface area contributed by atoms with Gasteiger partial charge >= 0.3 is 0 Å². The smallest absolute Gasteiger partial charge is 0.261 e. The number of hydrogen-bond acceptors (Lipinski definition) is 3. The summed E-state index contributed by atoms with van der Waals surface area (Å²) in [6, 6.07) is 18.2. The van der Waals surface area contributed by atoms with Crippen LogP contribution in [0.15, 0.2) is 71.6 Å². The number of amides is 1. The van der Waals surface area contributed by atoms with E-state index in [4.69, 9.17) is 23.2 Å². The number of halogens is 2. The van der Waals surface area contributed by atoms with Crippen molar-refractivity contribution in [3.8, 4) is 0 Å². The van der Waals surface area contributed by atoms with Gasteiger partial charge < -0.3 is 4.90 Å². The number of fused-ring (bicyclic) bond motifs is 1. The number of hydrogen-bond donors (Lipinski definition) is 1. The summed E-state index contributed by atoms with van der Waals surface area (Å²) < 4.78 is 28.2. The molecule has 0 bridgehead atoms. The number of carbonyl (C=O) groups is 1. The second kappa shape index (κ2) is 7.95. The first-order chi connectivity index (χ1) is 14.2. The Morgan fingerprint density at radius 3 is 2.33 bits per heavy atom. The van der Waals surface area contributed by atoms with E-state index in [0.29, 0.717) is 22.0 Å². The first kappa shape index (κ1) is 20.7. The molecule has 0 aromatic heterocycles. The zero-order valence-electron chi connectivity index (χ0n) is 16.0. The molecule has 4 rings (SSSR count). The fourth-order valence-corrected chi connectivity index (χ4v) is 5.25. The van der Waals surface area contributed by atoms with E-state index in [2.05, 4.69) is 4.72 Å². The van der Waals surface area contributed by atoms with Gasteiger partial charge in [0.25, 0.3) is 15.9 Å². The Hall–Kier alpha value is -2.54. The standard InChI is InChI=1S/C22H18Cl2N2O3S/c1-14-9-16-10-20(30(28,29)25-19-12-17(23)11-18(24)13-19)7-8-21(16)26(14)22(27)15-5-3-2-4-6-15/h2-8,10-14,25H,9H2,1H3/t14-/m1/s1. The van der Waals surface area contributed by atoms with Gasteiger partial charge in [0.1, 0.15) is 0 Å². The molecule has 0 spiro atoms. The van der Waals surface area contributed by atoms with Crippen LogP contribution < -0.4 is 9.62 Å². The van der Waals surface area contributed by atoms with Crippen molar-refractivity contribution in [2.75, 3.05) is 9.62 Å². The Labute approximate surface area is 185 Å². The molecule has 1 heterocycles. The van der Waals surface area contributed by atoms with E-state index >= 15 is 0 Å². The minimum absolute atomic E-state index is 0.0784. The van der Waals surface area contributed by atoms with Crippen molar-refractivity contribution in [2.45, 2.75) is 24.3 Å². The van der Waals surface area contributed by atoms with Crippen LogP contribution in [0.25, 0.3) is 0 Å². The highest BCUT2D eigenvalue weighted by atomic mass is 35.5. The Balaban J connectivity index is 1.64. The van der Waals surface area contributed by atoms with Crippen LogP contribution >= 0.6 is 23.2 Å². The van der Waals surface area contributed by atoms with E-state index in [0.717, 1.165) is 11.3 Å². The Kier molecular flexibility index (Phi) is 5.49. The van der Waals surface area contributed by atoms with E-state index < -0.39 is 10.0 Å². The molecule has 154 valence electrons. The SMILES string of the molecule is C[C@@H]1Cc2cc(S(=O)(=O)Nc3cc(Cl)cc(Cl)c3)ccc2N1C(=O)c1ccccc1. The van der Waals surface area contributed by atoms with Gasteiger partial charge in [-0.1, -0.05) is 41.4 Å². The van der Waals surface area contributed by atoms with Gasteiger partial charge in [0.15, 0.2) is 0 Å². The zero-order valence-corrected chi connectivity index (χ0v) is 18.3. The van der Waals surface area contributed by atoms with Gasteiger partial charge in [0.2, 0.25) is 0 Å². The molecule has 0 saturated heterocycles. The van der Waals surface area contributed by atoms with E-state index in [9.17, 15) is 13.2 Å². The maximum Gasteiger partial charge on any atom is 0.261 e. The molecule has 0 unspecified atom stereocenters. The van der Waals surface area contributed by atoms with E-state index in [1.54, 1.807) is 29.2 Å². The summed E-state index contributed by atoms with van der Waals surface area (Å²) in [5, 5.41) is 0.663. The molecule has 3 aromatic carbocycles. The molecule has 5 nitrogen and oxygen atoms in total. The highest BCUT2D eigenvalue weighted by molar-refractivity contribution is 7.92. The molecule has 30 heavy (non-hydrogen) atoms. The van der Waals surface area contributed by atoms with Crippen LogP contribution in [0.1, 0.15) is 22.8 Å². The lowest BCUT2D eigenvalue weighted by Crippen LogP contribution is -2.35. The molecule has 1 amide bonds. The van der Waals surface area contributed by atoms with Crippen molar-refractivity contribution in [3.05, 3.63) is 87.9 Å². The molecular formula is C22H18Cl2N2O3S. The lowest BCUT2D eigenvalue weighted by atomic mass is 10.1. The van der Waals surface area contributed by atoms with Crippen molar-refractivity contribution >= 4 is 50.5 Å². The van der Waals surface area contributed by atoms with Crippen LogP contribution in [0, 0.1) is 0 Å². The van der Waals surface area contributed by atoms with Crippen LogP contribution in [-0.4, -0.2) is 20.4 Å². The summed E-state index contributed by atoms with van der Waals surface area (Å²) in [5.41, 5.74) is 2.40. The second-order valence-corrected chi connectivity index (χ2v) is 9.70. The average Bonchev–Trinajstić information content (AvgIpc) is 3.01. The molecule has 1 N–H and O–H groups in total. The third-order valence-electron chi connectivity index (χ3n) is 4.93. The molecule has 0 fully saturated rings. The van der Waals surface area contributed by atoms with E-state index in [1.807, 2.05) is 25.1 Å². The summed E-state index contributed by atoms with van der Waals surface area (Å²) in [7, 11) is -3.85. The normalized spacial score (nSPS) is 15.7. The fraction of sp³-hybridized carbons (Fsp3) is 0.136. The number of carbonyl (C=O) groups excluding carboxylic acids is 1. The summed E-state index contributed by atoms with van der Waals surface area (Å²) >= 11 is 11.9. The monoisotopic (exact) mass is 460 g/mol.